The molecule has 0 saturated heterocycles. The molecule has 1 aromatic heterocycles. The Morgan fingerprint density at radius 1 is 1.05 bits per heavy atom. The molecule has 1 aliphatic carbocycles. The first kappa shape index (κ1) is 27.6. The molecular formula is C32H38N6O2. The summed E-state index contributed by atoms with van der Waals surface area (Å²) in [6, 6.07) is 16.9. The monoisotopic (exact) mass is 538 g/mol. The fraction of sp³-hybridized carbons (Fsp3) is 0.438. The van der Waals surface area contributed by atoms with Crippen LogP contribution < -0.4 is 11.1 Å². The van der Waals surface area contributed by atoms with Crippen molar-refractivity contribution in [2.75, 3.05) is 0 Å². The number of amides is 2. The third-order valence-electron chi connectivity index (χ3n) is 8.23. The molecule has 40 heavy (non-hydrogen) atoms. The Kier molecular flexibility index (Phi) is 7.77. The van der Waals surface area contributed by atoms with E-state index in [4.69, 9.17) is 5.73 Å². The number of benzene rings is 2. The minimum Gasteiger partial charge on any atom is -0.352 e. The second-order valence-electron chi connectivity index (χ2n) is 12.2. The normalized spacial score (nSPS) is 20.9. The molecule has 208 valence electrons. The van der Waals surface area contributed by atoms with Gasteiger partial charge in [-0.3, -0.25) is 9.59 Å². The summed E-state index contributed by atoms with van der Waals surface area (Å²) >= 11 is 0. The molecule has 8 heteroatoms. The summed E-state index contributed by atoms with van der Waals surface area (Å²) in [5.74, 6) is -0.385. The molecule has 2 amide bonds. The van der Waals surface area contributed by atoms with Crippen LogP contribution in [-0.2, 0) is 29.7 Å². The van der Waals surface area contributed by atoms with Gasteiger partial charge in [-0.05, 0) is 66.5 Å². The zero-order valence-electron chi connectivity index (χ0n) is 23.6. The number of fused-ring (bicyclic) bond motifs is 1. The first-order valence-electron chi connectivity index (χ1n) is 14.1. The average molecular weight is 539 g/mol. The van der Waals surface area contributed by atoms with Crippen LogP contribution in [0.1, 0.15) is 84.9 Å². The lowest BCUT2D eigenvalue weighted by Crippen LogP contribution is -2.55. The molecule has 1 unspecified atom stereocenters. The van der Waals surface area contributed by atoms with Crippen molar-refractivity contribution >= 4 is 11.8 Å². The lowest BCUT2D eigenvalue weighted by Gasteiger charge is -2.36. The number of hydrogen-bond donors (Lipinski definition) is 2. The highest BCUT2D eigenvalue weighted by Crippen LogP contribution is 2.27. The van der Waals surface area contributed by atoms with E-state index in [1.807, 2.05) is 6.33 Å². The number of nitrogens with zero attached hydrogens (tertiary/aromatic N) is 4. The SMILES string of the molecule is CC(C)(C)c1ccc(Cn2cnc3c2CN(C(=O)c2ccc(C#N)cc2)C(C(=O)NC2CCC(N)CC2)C3)cc1. The number of nitrogens with two attached hydrogens (primary N) is 1. The highest BCUT2D eigenvalue weighted by molar-refractivity contribution is 5.98. The number of nitrogens with one attached hydrogen (secondary N) is 1. The molecule has 8 nitrogen and oxygen atoms in total. The van der Waals surface area contributed by atoms with E-state index in [0.717, 1.165) is 42.6 Å². The second-order valence-corrected chi connectivity index (χ2v) is 12.2. The quantitative estimate of drug-likeness (QED) is 0.508. The van der Waals surface area contributed by atoms with Crippen molar-refractivity contribution in [2.45, 2.75) is 89.5 Å². The van der Waals surface area contributed by atoms with Crippen molar-refractivity contribution in [1.29, 1.82) is 5.26 Å². The Labute approximate surface area is 236 Å². The number of nitriles is 1. The molecule has 2 aliphatic rings. The molecule has 0 spiro atoms. The molecule has 3 aromatic rings. The largest absolute Gasteiger partial charge is 0.352 e. The van der Waals surface area contributed by atoms with E-state index in [0.29, 0.717) is 24.1 Å². The van der Waals surface area contributed by atoms with Gasteiger partial charge in [0.15, 0.2) is 0 Å². The maximum absolute atomic E-state index is 13.8. The lowest BCUT2D eigenvalue weighted by atomic mass is 9.87. The molecule has 0 bridgehead atoms. The minimum absolute atomic E-state index is 0.0641. The molecule has 0 radical (unpaired) electrons. The van der Waals surface area contributed by atoms with E-state index in [1.54, 1.807) is 29.2 Å². The summed E-state index contributed by atoms with van der Waals surface area (Å²) < 4.78 is 2.08. The summed E-state index contributed by atoms with van der Waals surface area (Å²) in [6.07, 6.45) is 5.62. The summed E-state index contributed by atoms with van der Waals surface area (Å²) in [5, 5.41) is 12.4. The standard InChI is InChI=1S/C32H38N6O2/c1-32(2,3)24-10-6-22(7-11-24)18-37-20-35-27-16-28(30(39)36-26-14-12-25(34)13-15-26)38(19-29(27)37)31(40)23-8-4-21(17-33)5-9-23/h4-11,20,25-26,28H,12-16,18-19,34H2,1-3H3,(H,36,39). The van der Waals surface area contributed by atoms with Crippen molar-refractivity contribution in [2.24, 2.45) is 5.73 Å². The first-order valence-corrected chi connectivity index (χ1v) is 14.1. The van der Waals surface area contributed by atoms with Gasteiger partial charge < -0.3 is 20.5 Å². The fourth-order valence-electron chi connectivity index (χ4n) is 5.67. The van der Waals surface area contributed by atoms with Gasteiger partial charge in [0.05, 0.1) is 35.9 Å². The predicted octanol–water partition coefficient (Wildman–Crippen LogP) is 4.05. The van der Waals surface area contributed by atoms with Crippen LogP contribution in [0.5, 0.6) is 0 Å². The molecule has 5 rings (SSSR count). The Morgan fingerprint density at radius 3 is 2.35 bits per heavy atom. The Hall–Kier alpha value is -3.96. The third kappa shape index (κ3) is 5.95. The zero-order valence-corrected chi connectivity index (χ0v) is 23.6. The Balaban J connectivity index is 1.40. The third-order valence-corrected chi connectivity index (χ3v) is 8.23. The molecule has 2 aromatic carbocycles. The maximum Gasteiger partial charge on any atom is 0.254 e. The van der Waals surface area contributed by atoms with Crippen LogP contribution in [0.4, 0.5) is 0 Å². The van der Waals surface area contributed by atoms with Crippen LogP contribution in [0.25, 0.3) is 0 Å². The molecule has 1 aliphatic heterocycles. The summed E-state index contributed by atoms with van der Waals surface area (Å²) in [6.45, 7) is 7.50. The summed E-state index contributed by atoms with van der Waals surface area (Å²) in [5.41, 5.74) is 11.3. The van der Waals surface area contributed by atoms with Crippen LogP contribution in [0.15, 0.2) is 54.9 Å². The Bertz CT molecular complexity index is 1400. The zero-order chi connectivity index (χ0) is 28.4. The molecule has 3 N–H and O–H groups in total. The van der Waals surface area contributed by atoms with Crippen molar-refractivity contribution in [1.82, 2.24) is 19.8 Å². The summed E-state index contributed by atoms with van der Waals surface area (Å²) in [4.78, 5) is 33.7. The van der Waals surface area contributed by atoms with E-state index in [-0.39, 0.29) is 35.9 Å². The number of carbonyl (C=O) groups is 2. The number of aromatic nitrogens is 2. The fourth-order valence-corrected chi connectivity index (χ4v) is 5.67. The van der Waals surface area contributed by atoms with Gasteiger partial charge in [-0.2, -0.15) is 5.26 Å². The highest BCUT2D eigenvalue weighted by Gasteiger charge is 2.38. The minimum atomic E-state index is -0.666. The van der Waals surface area contributed by atoms with E-state index >= 15 is 0 Å². The van der Waals surface area contributed by atoms with Gasteiger partial charge in [-0.1, -0.05) is 45.0 Å². The van der Waals surface area contributed by atoms with Gasteiger partial charge in [0.2, 0.25) is 5.91 Å². The van der Waals surface area contributed by atoms with E-state index in [1.165, 1.54) is 5.56 Å². The van der Waals surface area contributed by atoms with Crippen molar-refractivity contribution in [3.63, 3.8) is 0 Å². The first-order chi connectivity index (χ1) is 19.1. The topological polar surface area (TPSA) is 117 Å². The van der Waals surface area contributed by atoms with Crippen molar-refractivity contribution in [3.8, 4) is 6.07 Å². The number of hydrogen-bond acceptors (Lipinski definition) is 5. The van der Waals surface area contributed by atoms with E-state index in [2.05, 4.69) is 66.0 Å². The highest BCUT2D eigenvalue weighted by atomic mass is 16.2. The smallest absolute Gasteiger partial charge is 0.254 e. The Morgan fingerprint density at radius 2 is 1.73 bits per heavy atom. The van der Waals surface area contributed by atoms with Gasteiger partial charge >= 0.3 is 0 Å². The molecule has 1 saturated carbocycles. The number of rotatable bonds is 5. The summed E-state index contributed by atoms with van der Waals surface area (Å²) in [7, 11) is 0. The van der Waals surface area contributed by atoms with Gasteiger partial charge in [0, 0.05) is 30.6 Å². The molecular weight excluding hydrogens is 500 g/mol. The van der Waals surface area contributed by atoms with Crippen LogP contribution in [0, 0.1) is 11.3 Å². The molecule has 1 atom stereocenters. The number of carbonyl (C=O) groups excluding carboxylic acids is 2. The van der Waals surface area contributed by atoms with Crippen LogP contribution >= 0.6 is 0 Å². The van der Waals surface area contributed by atoms with Gasteiger partial charge in [0.1, 0.15) is 6.04 Å². The number of imidazole rings is 1. The van der Waals surface area contributed by atoms with Gasteiger partial charge in [-0.15, -0.1) is 0 Å². The van der Waals surface area contributed by atoms with E-state index in [9.17, 15) is 14.9 Å². The molecule has 1 fully saturated rings. The maximum atomic E-state index is 13.8. The predicted molar refractivity (Wildman–Crippen MR) is 153 cm³/mol. The van der Waals surface area contributed by atoms with Crippen molar-refractivity contribution in [3.05, 3.63) is 88.5 Å². The second kappa shape index (κ2) is 11.3. The molecule has 2 heterocycles. The van der Waals surface area contributed by atoms with Gasteiger partial charge in [0.25, 0.3) is 5.91 Å². The average Bonchev–Trinajstić information content (AvgIpc) is 3.34. The van der Waals surface area contributed by atoms with E-state index < -0.39 is 6.04 Å². The van der Waals surface area contributed by atoms with Crippen LogP contribution in [-0.4, -0.2) is 44.4 Å². The lowest BCUT2D eigenvalue weighted by molar-refractivity contribution is -0.127. The van der Waals surface area contributed by atoms with Crippen molar-refractivity contribution < 1.29 is 9.59 Å². The van der Waals surface area contributed by atoms with Crippen LogP contribution in [0.2, 0.25) is 0 Å². The van der Waals surface area contributed by atoms with Crippen LogP contribution in [0.3, 0.4) is 0 Å². The van der Waals surface area contributed by atoms with Gasteiger partial charge in [-0.25, -0.2) is 4.98 Å².